The first-order chi connectivity index (χ1) is 11.5. The number of carbonyl (C=O) groups is 1. The average Bonchev–Trinajstić information content (AvgIpc) is 2.56. The normalized spacial score (nSPS) is 10.2. The molecule has 8 heteroatoms. The zero-order valence-corrected chi connectivity index (χ0v) is 14.1. The molecular formula is C16H17N3O4S. The van der Waals surface area contributed by atoms with Crippen molar-refractivity contribution in [2.45, 2.75) is 12.7 Å². The highest BCUT2D eigenvalue weighted by atomic mass is 32.2. The zero-order valence-electron chi connectivity index (χ0n) is 13.3. The highest BCUT2D eigenvalue weighted by Gasteiger charge is 2.15. The Bertz CT molecular complexity index is 735. The number of benzene rings is 1. The van der Waals surface area contributed by atoms with Gasteiger partial charge in [-0.15, -0.1) is 11.8 Å². The lowest BCUT2D eigenvalue weighted by molar-refractivity contribution is -0.385. The first-order valence-electron chi connectivity index (χ1n) is 7.11. The van der Waals surface area contributed by atoms with Crippen molar-refractivity contribution >= 4 is 29.2 Å². The number of hydrogen-bond donors (Lipinski definition) is 1. The van der Waals surface area contributed by atoms with Crippen molar-refractivity contribution in [1.82, 2.24) is 4.98 Å². The first kappa shape index (κ1) is 17.7. The second-order valence-electron chi connectivity index (χ2n) is 5.03. The monoisotopic (exact) mass is 347 g/mol. The third kappa shape index (κ3) is 4.95. The zero-order chi connectivity index (χ0) is 17.5. The molecule has 1 heterocycles. The summed E-state index contributed by atoms with van der Waals surface area (Å²) >= 11 is 1.37. The van der Waals surface area contributed by atoms with E-state index in [0.717, 1.165) is 11.1 Å². The van der Waals surface area contributed by atoms with Gasteiger partial charge in [-0.25, -0.2) is 4.98 Å². The summed E-state index contributed by atoms with van der Waals surface area (Å²) in [6.07, 6.45) is 1.68. The van der Waals surface area contributed by atoms with E-state index in [1.807, 2.05) is 13.0 Å². The van der Waals surface area contributed by atoms with Crippen molar-refractivity contribution < 1.29 is 14.5 Å². The molecule has 1 aromatic heterocycles. The van der Waals surface area contributed by atoms with Crippen LogP contribution in [0.5, 0.6) is 5.75 Å². The van der Waals surface area contributed by atoms with Gasteiger partial charge in [-0.1, -0.05) is 12.1 Å². The molecular weight excluding hydrogens is 330 g/mol. The molecule has 2 rings (SSSR count). The number of hydrogen-bond acceptors (Lipinski definition) is 6. The summed E-state index contributed by atoms with van der Waals surface area (Å²) in [5, 5.41) is 13.7. The minimum Gasteiger partial charge on any atom is -0.490 e. The quantitative estimate of drug-likeness (QED) is 0.610. The maximum absolute atomic E-state index is 11.9. The average molecular weight is 347 g/mol. The van der Waals surface area contributed by atoms with Crippen LogP contribution in [0.4, 0.5) is 11.5 Å². The molecule has 0 fully saturated rings. The van der Waals surface area contributed by atoms with Crippen LogP contribution in [0.2, 0.25) is 0 Å². The topological polar surface area (TPSA) is 94.4 Å². The molecule has 0 radical (unpaired) electrons. The molecule has 1 aromatic carbocycles. The molecule has 0 saturated carbocycles. The number of ether oxygens (including phenoxy) is 1. The van der Waals surface area contributed by atoms with Gasteiger partial charge in [0, 0.05) is 18.0 Å². The Morgan fingerprint density at radius 3 is 2.79 bits per heavy atom. The molecule has 7 nitrogen and oxygen atoms in total. The Hall–Kier alpha value is -2.61. The highest BCUT2D eigenvalue weighted by molar-refractivity contribution is 7.99. The second kappa shape index (κ2) is 8.30. The molecule has 0 aliphatic rings. The van der Waals surface area contributed by atoms with Gasteiger partial charge in [0.05, 0.1) is 17.8 Å². The Balaban J connectivity index is 1.87. The lowest BCUT2D eigenvalue weighted by atomic mass is 10.2. The standard InChI is InChI=1S/C16H17N3O4S/c1-11-3-6-15(17-8-11)18-16(20)10-24-9-12-4-5-14(23-2)13(7-12)19(21)22/h3-8H,9-10H2,1-2H3,(H,17,18,20). The Morgan fingerprint density at radius 1 is 1.38 bits per heavy atom. The van der Waals surface area contributed by atoms with Crippen LogP contribution >= 0.6 is 11.8 Å². The van der Waals surface area contributed by atoms with Gasteiger partial charge in [-0.05, 0) is 30.2 Å². The van der Waals surface area contributed by atoms with Crippen molar-refractivity contribution in [2.75, 3.05) is 18.2 Å². The number of carbonyl (C=O) groups excluding carboxylic acids is 1. The molecule has 0 saturated heterocycles. The van der Waals surface area contributed by atoms with E-state index in [4.69, 9.17) is 4.74 Å². The van der Waals surface area contributed by atoms with Crippen LogP contribution in [-0.4, -0.2) is 28.7 Å². The number of nitro benzene ring substituents is 1. The number of nitrogens with one attached hydrogen (secondary N) is 1. The first-order valence-corrected chi connectivity index (χ1v) is 8.26. The molecule has 24 heavy (non-hydrogen) atoms. The number of thioether (sulfide) groups is 1. The van der Waals surface area contributed by atoms with Crippen LogP contribution in [0.25, 0.3) is 0 Å². The van der Waals surface area contributed by atoms with Gasteiger partial charge >= 0.3 is 5.69 Å². The van der Waals surface area contributed by atoms with Crippen LogP contribution in [0, 0.1) is 17.0 Å². The molecule has 2 aromatic rings. The predicted molar refractivity (Wildman–Crippen MR) is 93.4 cm³/mol. The number of amides is 1. The second-order valence-corrected chi connectivity index (χ2v) is 6.01. The molecule has 0 atom stereocenters. The number of nitrogens with zero attached hydrogens (tertiary/aromatic N) is 2. The van der Waals surface area contributed by atoms with Gasteiger partial charge in [0.15, 0.2) is 5.75 Å². The van der Waals surface area contributed by atoms with Crippen LogP contribution in [0.3, 0.4) is 0 Å². The number of methoxy groups -OCH3 is 1. The predicted octanol–water partition coefficient (Wildman–Crippen LogP) is 3.18. The van der Waals surface area contributed by atoms with Crippen LogP contribution < -0.4 is 10.1 Å². The Labute approximate surface area is 143 Å². The Morgan fingerprint density at radius 2 is 2.17 bits per heavy atom. The summed E-state index contributed by atoms with van der Waals surface area (Å²) in [6, 6.07) is 8.38. The number of nitro groups is 1. The Kier molecular flexibility index (Phi) is 6.14. The van der Waals surface area contributed by atoms with Crippen molar-refractivity contribution in [3.8, 4) is 5.75 Å². The van der Waals surface area contributed by atoms with Gasteiger partial charge in [0.1, 0.15) is 5.82 Å². The van der Waals surface area contributed by atoms with Crippen LogP contribution in [0.1, 0.15) is 11.1 Å². The molecule has 0 spiro atoms. The van der Waals surface area contributed by atoms with Crippen molar-refractivity contribution in [3.63, 3.8) is 0 Å². The van der Waals surface area contributed by atoms with Crippen molar-refractivity contribution in [2.24, 2.45) is 0 Å². The molecule has 0 aliphatic carbocycles. The molecule has 0 bridgehead atoms. The number of aromatic nitrogens is 1. The maximum Gasteiger partial charge on any atom is 0.311 e. The number of pyridine rings is 1. The lowest BCUT2D eigenvalue weighted by Crippen LogP contribution is -2.15. The summed E-state index contributed by atoms with van der Waals surface area (Å²) in [5.74, 6) is 1.28. The minimum atomic E-state index is -0.483. The summed E-state index contributed by atoms with van der Waals surface area (Å²) in [5.41, 5.74) is 1.70. The van der Waals surface area contributed by atoms with E-state index in [-0.39, 0.29) is 23.1 Å². The van der Waals surface area contributed by atoms with Crippen molar-refractivity contribution in [3.05, 3.63) is 57.8 Å². The fraction of sp³-hybridized carbons (Fsp3) is 0.250. The SMILES string of the molecule is COc1ccc(CSCC(=O)Nc2ccc(C)cn2)cc1[N+](=O)[O-]. The smallest absolute Gasteiger partial charge is 0.311 e. The van der Waals surface area contributed by atoms with E-state index in [2.05, 4.69) is 10.3 Å². The van der Waals surface area contributed by atoms with Gasteiger partial charge in [0.2, 0.25) is 5.91 Å². The van der Waals surface area contributed by atoms with Crippen LogP contribution in [0.15, 0.2) is 36.5 Å². The van der Waals surface area contributed by atoms with Crippen molar-refractivity contribution in [1.29, 1.82) is 0 Å². The largest absolute Gasteiger partial charge is 0.490 e. The van der Waals surface area contributed by atoms with E-state index in [9.17, 15) is 14.9 Å². The molecule has 126 valence electrons. The third-order valence-corrected chi connectivity index (χ3v) is 4.12. The van der Waals surface area contributed by atoms with E-state index in [1.165, 1.54) is 24.9 Å². The van der Waals surface area contributed by atoms with Gasteiger partial charge in [-0.3, -0.25) is 14.9 Å². The van der Waals surface area contributed by atoms with Gasteiger partial charge in [-0.2, -0.15) is 0 Å². The molecule has 0 unspecified atom stereocenters. The summed E-state index contributed by atoms with van der Waals surface area (Å²) in [7, 11) is 1.39. The number of anilines is 1. The summed E-state index contributed by atoms with van der Waals surface area (Å²) in [4.78, 5) is 26.5. The highest BCUT2D eigenvalue weighted by Crippen LogP contribution is 2.28. The summed E-state index contributed by atoms with van der Waals surface area (Å²) in [6.45, 7) is 1.92. The van der Waals surface area contributed by atoms with Crippen LogP contribution in [-0.2, 0) is 10.5 Å². The van der Waals surface area contributed by atoms with Gasteiger partial charge in [0.25, 0.3) is 0 Å². The molecule has 1 amide bonds. The number of aryl methyl sites for hydroxylation is 1. The minimum absolute atomic E-state index is 0.0797. The van der Waals surface area contributed by atoms with E-state index in [0.29, 0.717) is 11.6 Å². The fourth-order valence-electron chi connectivity index (χ4n) is 1.95. The maximum atomic E-state index is 11.9. The number of rotatable bonds is 7. The summed E-state index contributed by atoms with van der Waals surface area (Å²) < 4.78 is 4.96. The fourth-order valence-corrected chi connectivity index (χ4v) is 2.73. The van der Waals surface area contributed by atoms with Gasteiger partial charge < -0.3 is 10.1 Å². The van der Waals surface area contributed by atoms with E-state index >= 15 is 0 Å². The lowest BCUT2D eigenvalue weighted by Gasteiger charge is -2.06. The van der Waals surface area contributed by atoms with E-state index in [1.54, 1.807) is 24.4 Å². The molecule has 1 N–H and O–H groups in total. The molecule has 0 aliphatic heterocycles. The third-order valence-electron chi connectivity index (χ3n) is 3.12. The van der Waals surface area contributed by atoms with E-state index < -0.39 is 4.92 Å².